The summed E-state index contributed by atoms with van der Waals surface area (Å²) in [5, 5.41) is 16.0. The Hall–Kier alpha value is -5.98. The molecular weight excluding hydrogens is 637 g/mol. The van der Waals surface area contributed by atoms with Gasteiger partial charge >= 0.3 is 0 Å². The molecule has 0 saturated heterocycles. The molecule has 11 rings (SSSR count). The van der Waals surface area contributed by atoms with Gasteiger partial charge in [-0.25, -0.2) is 0 Å². The van der Waals surface area contributed by atoms with Crippen LogP contribution in [-0.2, 0) is 0 Å². The molecule has 53 heavy (non-hydrogen) atoms. The predicted octanol–water partition coefficient (Wildman–Crippen LogP) is 13.4. The van der Waals surface area contributed by atoms with Crippen LogP contribution in [0.15, 0.2) is 146 Å². The first-order valence-electron chi connectivity index (χ1n) is 19.4. The van der Waals surface area contributed by atoms with Crippen molar-refractivity contribution in [1.82, 2.24) is 0 Å². The van der Waals surface area contributed by atoms with Crippen LogP contribution in [0.3, 0.4) is 0 Å². The fraction of sp³-hybridized carbons (Fsp3) is 0.132. The van der Waals surface area contributed by atoms with Gasteiger partial charge in [0.25, 0.3) is 0 Å². The van der Waals surface area contributed by atoms with Gasteiger partial charge in [0.15, 0.2) is 0 Å². The molecule has 0 aromatic heterocycles. The third-order valence-corrected chi connectivity index (χ3v) is 12.5. The summed E-state index contributed by atoms with van der Waals surface area (Å²) < 4.78 is 0. The smallest absolute Gasteiger partial charge is 0.00990 e. The number of benzene rings is 9. The van der Waals surface area contributed by atoms with Gasteiger partial charge in [0.1, 0.15) is 0 Å². The van der Waals surface area contributed by atoms with Crippen molar-refractivity contribution in [2.45, 2.75) is 44.9 Å². The molecule has 0 atom stereocenters. The van der Waals surface area contributed by atoms with Crippen molar-refractivity contribution in [3.63, 3.8) is 0 Å². The van der Waals surface area contributed by atoms with Crippen LogP contribution in [0.1, 0.15) is 49.1 Å². The molecule has 0 bridgehead atoms. The molecule has 9 aromatic rings. The standard InChI is InChI=1S/C53H40/c1-33-13-14-39(37-17-23-46-41(29-37)20-27-48-43-11-4-2-7-35(43)15-25-50(46)48)31-52(33)53-32-40(19-22-45(53)34-9-6-10-34)38-18-24-47-42(30-38)21-28-49-44-12-5-3-8-36(44)16-26-51(47)49/h3,5,7-8,11-32,34H,2,4,6,9-10H2,1H3. The topological polar surface area (TPSA) is 0 Å². The quantitative estimate of drug-likeness (QED) is 0.163. The van der Waals surface area contributed by atoms with E-state index in [9.17, 15) is 0 Å². The number of hydrogen-bond donors (Lipinski definition) is 0. The number of hydrogen-bond acceptors (Lipinski definition) is 0. The molecule has 2 aliphatic rings. The molecule has 0 unspecified atom stereocenters. The summed E-state index contributed by atoms with van der Waals surface area (Å²) in [5.74, 6) is 0.634. The Balaban J connectivity index is 1.01. The highest BCUT2D eigenvalue weighted by Crippen LogP contribution is 2.44. The summed E-state index contributed by atoms with van der Waals surface area (Å²) >= 11 is 0. The van der Waals surface area contributed by atoms with Gasteiger partial charge in [0, 0.05) is 0 Å². The summed E-state index contributed by atoms with van der Waals surface area (Å²) in [6, 6.07) is 55.7. The second-order valence-electron chi connectivity index (χ2n) is 15.5. The molecule has 252 valence electrons. The SMILES string of the molecule is Cc1ccc(-c2ccc3c(ccc4c5c(ccc43)=CCCC=5)c2)cc1-c1cc(-c2ccc3c(ccc4c5ccccc5ccc34)c2)ccc1C1CCC1. The van der Waals surface area contributed by atoms with Crippen LogP contribution in [0.5, 0.6) is 0 Å². The molecule has 9 aromatic carbocycles. The van der Waals surface area contributed by atoms with Crippen molar-refractivity contribution in [2.75, 3.05) is 0 Å². The number of fused-ring (bicyclic) bond motifs is 10. The van der Waals surface area contributed by atoms with Gasteiger partial charge in [-0.1, -0.05) is 140 Å². The van der Waals surface area contributed by atoms with E-state index in [0.717, 1.165) is 12.8 Å². The zero-order valence-corrected chi connectivity index (χ0v) is 30.1. The molecule has 0 aliphatic heterocycles. The van der Waals surface area contributed by atoms with E-state index in [2.05, 4.69) is 165 Å². The summed E-state index contributed by atoms with van der Waals surface area (Å²) in [6.07, 6.45) is 10.9. The van der Waals surface area contributed by atoms with Crippen molar-refractivity contribution in [3.8, 4) is 33.4 Å². The lowest BCUT2D eigenvalue weighted by atomic mass is 9.76. The van der Waals surface area contributed by atoms with Crippen LogP contribution in [-0.4, -0.2) is 0 Å². The van der Waals surface area contributed by atoms with Crippen LogP contribution < -0.4 is 10.4 Å². The average molecular weight is 677 g/mol. The second kappa shape index (κ2) is 12.0. The highest BCUT2D eigenvalue weighted by Gasteiger charge is 2.24. The zero-order valence-electron chi connectivity index (χ0n) is 30.1. The molecule has 0 heterocycles. The fourth-order valence-electron chi connectivity index (χ4n) is 9.38. The van der Waals surface area contributed by atoms with Gasteiger partial charge in [0.2, 0.25) is 0 Å². The first kappa shape index (κ1) is 30.6. The van der Waals surface area contributed by atoms with E-state index in [1.807, 2.05) is 0 Å². The van der Waals surface area contributed by atoms with Gasteiger partial charge in [-0.15, -0.1) is 0 Å². The minimum absolute atomic E-state index is 0.634. The Labute approximate surface area is 310 Å². The van der Waals surface area contributed by atoms with Crippen LogP contribution >= 0.6 is 0 Å². The van der Waals surface area contributed by atoms with Crippen molar-refractivity contribution in [1.29, 1.82) is 0 Å². The van der Waals surface area contributed by atoms with Crippen molar-refractivity contribution in [3.05, 3.63) is 167 Å². The maximum atomic E-state index is 2.48. The minimum Gasteiger partial charge on any atom is -0.0763 e. The van der Waals surface area contributed by atoms with E-state index in [0.29, 0.717) is 5.92 Å². The normalized spacial score (nSPS) is 14.4. The maximum absolute atomic E-state index is 2.48. The van der Waals surface area contributed by atoms with Gasteiger partial charge in [-0.2, -0.15) is 0 Å². The summed E-state index contributed by atoms with van der Waals surface area (Å²) in [5.41, 5.74) is 10.7. The lowest BCUT2D eigenvalue weighted by Crippen LogP contribution is -2.26. The van der Waals surface area contributed by atoms with Gasteiger partial charge in [-0.05, 0) is 172 Å². The minimum atomic E-state index is 0.634. The molecule has 2 aliphatic carbocycles. The molecule has 1 fully saturated rings. The van der Waals surface area contributed by atoms with Crippen molar-refractivity contribution >= 4 is 66.0 Å². The predicted molar refractivity (Wildman–Crippen MR) is 229 cm³/mol. The van der Waals surface area contributed by atoms with Crippen LogP contribution in [0.25, 0.3) is 99.4 Å². The van der Waals surface area contributed by atoms with E-state index in [1.165, 1.54) is 128 Å². The Morgan fingerprint density at radius 1 is 0.415 bits per heavy atom. The van der Waals surface area contributed by atoms with Gasteiger partial charge in [-0.3, -0.25) is 0 Å². The second-order valence-corrected chi connectivity index (χ2v) is 15.5. The third-order valence-electron chi connectivity index (χ3n) is 12.5. The lowest BCUT2D eigenvalue weighted by Gasteiger charge is -2.29. The lowest BCUT2D eigenvalue weighted by molar-refractivity contribution is 0.420. The van der Waals surface area contributed by atoms with E-state index in [-0.39, 0.29) is 0 Å². The molecule has 0 spiro atoms. The molecule has 0 nitrogen and oxygen atoms in total. The molecular formula is C53H40. The Morgan fingerprint density at radius 2 is 0.962 bits per heavy atom. The summed E-state index contributed by atoms with van der Waals surface area (Å²) in [6.45, 7) is 2.28. The molecule has 0 radical (unpaired) electrons. The van der Waals surface area contributed by atoms with E-state index >= 15 is 0 Å². The first-order valence-corrected chi connectivity index (χ1v) is 19.4. The molecule has 1 saturated carbocycles. The first-order chi connectivity index (χ1) is 26.2. The monoisotopic (exact) mass is 676 g/mol. The van der Waals surface area contributed by atoms with Crippen LogP contribution in [0.2, 0.25) is 0 Å². The van der Waals surface area contributed by atoms with Crippen LogP contribution in [0, 0.1) is 6.92 Å². The van der Waals surface area contributed by atoms with E-state index in [4.69, 9.17) is 0 Å². The highest BCUT2D eigenvalue weighted by atomic mass is 14.3. The fourth-order valence-corrected chi connectivity index (χ4v) is 9.38. The van der Waals surface area contributed by atoms with E-state index in [1.54, 1.807) is 0 Å². The Kier molecular flexibility index (Phi) is 6.96. The van der Waals surface area contributed by atoms with Gasteiger partial charge in [0.05, 0.1) is 0 Å². The average Bonchev–Trinajstić information content (AvgIpc) is 3.19. The largest absolute Gasteiger partial charge is 0.0763 e. The number of rotatable bonds is 4. The van der Waals surface area contributed by atoms with Crippen LogP contribution in [0.4, 0.5) is 0 Å². The summed E-state index contributed by atoms with van der Waals surface area (Å²) in [4.78, 5) is 0. The highest BCUT2D eigenvalue weighted by molar-refractivity contribution is 6.17. The number of aryl methyl sites for hydroxylation is 1. The molecule has 0 heteroatoms. The maximum Gasteiger partial charge on any atom is -0.00990 e. The van der Waals surface area contributed by atoms with Crippen molar-refractivity contribution < 1.29 is 0 Å². The Morgan fingerprint density at radius 3 is 1.70 bits per heavy atom. The summed E-state index contributed by atoms with van der Waals surface area (Å²) in [7, 11) is 0. The third kappa shape index (κ3) is 4.96. The molecule has 0 amide bonds. The van der Waals surface area contributed by atoms with E-state index < -0.39 is 0 Å². The zero-order chi connectivity index (χ0) is 35.0. The molecule has 0 N–H and O–H groups in total. The van der Waals surface area contributed by atoms with Gasteiger partial charge < -0.3 is 0 Å². The van der Waals surface area contributed by atoms with Crippen molar-refractivity contribution in [2.24, 2.45) is 0 Å². The Bertz CT molecular complexity index is 3100.